The van der Waals surface area contributed by atoms with Crippen molar-refractivity contribution in [2.24, 2.45) is 0 Å². The molecule has 1 N–H and O–H groups in total. The first-order chi connectivity index (χ1) is 9.63. The lowest BCUT2D eigenvalue weighted by Crippen LogP contribution is -2.23. The molecule has 1 aromatic heterocycles. The van der Waals surface area contributed by atoms with Crippen LogP contribution in [-0.2, 0) is 0 Å². The van der Waals surface area contributed by atoms with Crippen LogP contribution in [0.5, 0.6) is 0 Å². The summed E-state index contributed by atoms with van der Waals surface area (Å²) in [5.41, 5.74) is 0.762. The van der Waals surface area contributed by atoms with Crippen LogP contribution >= 0.6 is 0 Å². The van der Waals surface area contributed by atoms with Crippen molar-refractivity contribution in [2.75, 3.05) is 32.1 Å². The van der Waals surface area contributed by atoms with Crippen LogP contribution in [0, 0.1) is 10.1 Å². The number of nitro benzene ring substituents is 1. The average molecular weight is 275 g/mol. The van der Waals surface area contributed by atoms with Gasteiger partial charge in [-0.25, -0.2) is 9.97 Å². The van der Waals surface area contributed by atoms with Gasteiger partial charge in [0.25, 0.3) is 5.69 Å². The predicted molar refractivity (Wildman–Crippen MR) is 78.0 cm³/mol. The minimum Gasteiger partial charge on any atom is -0.359 e. The predicted octanol–water partition coefficient (Wildman–Crippen LogP) is 1.58. The summed E-state index contributed by atoms with van der Waals surface area (Å²) < 4.78 is 0. The van der Waals surface area contributed by atoms with E-state index in [1.54, 1.807) is 6.07 Å². The number of rotatable bonds is 6. The maximum atomic E-state index is 10.9. The molecule has 0 fully saturated rings. The van der Waals surface area contributed by atoms with Gasteiger partial charge in [0.2, 0.25) is 0 Å². The van der Waals surface area contributed by atoms with E-state index < -0.39 is 4.92 Å². The van der Waals surface area contributed by atoms with Crippen LogP contribution in [-0.4, -0.2) is 42.1 Å². The van der Waals surface area contributed by atoms with Crippen LogP contribution in [0.15, 0.2) is 24.5 Å². The summed E-state index contributed by atoms with van der Waals surface area (Å²) in [6.07, 6.45) is 2.45. The Balaban J connectivity index is 2.36. The van der Waals surface area contributed by atoms with Crippen LogP contribution in [0.3, 0.4) is 0 Å². The molecule has 0 aliphatic heterocycles. The molecule has 2 rings (SSSR count). The second-order valence-electron chi connectivity index (χ2n) is 4.53. The van der Waals surface area contributed by atoms with Gasteiger partial charge in [-0.3, -0.25) is 10.1 Å². The summed E-state index contributed by atoms with van der Waals surface area (Å²) >= 11 is 0. The van der Waals surface area contributed by atoms with E-state index in [-0.39, 0.29) is 5.69 Å². The summed E-state index contributed by atoms with van der Waals surface area (Å²) in [4.78, 5) is 20.9. The first-order valence-electron chi connectivity index (χ1n) is 6.38. The summed E-state index contributed by atoms with van der Waals surface area (Å²) in [6.45, 7) is 1.73. The molecule has 1 heterocycles. The highest BCUT2D eigenvalue weighted by molar-refractivity contribution is 5.90. The van der Waals surface area contributed by atoms with Crippen LogP contribution in [0.2, 0.25) is 0 Å². The fourth-order valence-electron chi connectivity index (χ4n) is 2.05. The number of benzene rings is 1. The third kappa shape index (κ3) is 3.00. The smallest absolute Gasteiger partial charge is 0.270 e. The molecule has 106 valence electrons. The fraction of sp³-hybridized carbons (Fsp3) is 0.385. The summed E-state index contributed by atoms with van der Waals surface area (Å²) in [7, 11) is 3.83. The number of fused-ring (bicyclic) bond motifs is 1. The normalized spacial score (nSPS) is 10.7. The highest BCUT2D eigenvalue weighted by Crippen LogP contribution is 2.26. The van der Waals surface area contributed by atoms with Gasteiger partial charge < -0.3 is 10.2 Å². The zero-order chi connectivity index (χ0) is 14.5. The average Bonchev–Trinajstić information content (AvgIpc) is 2.46. The maximum Gasteiger partial charge on any atom is 0.270 e. The summed E-state index contributed by atoms with van der Waals surface area (Å²) in [5, 5.41) is 14.7. The van der Waals surface area contributed by atoms with Gasteiger partial charge >= 0.3 is 0 Å². The SMILES string of the molecule is CNCCCN(C)c1ncnc2ccc([N+](=O)[O-])cc12. The van der Waals surface area contributed by atoms with Gasteiger partial charge in [-0.15, -0.1) is 0 Å². The van der Waals surface area contributed by atoms with E-state index in [1.165, 1.54) is 18.5 Å². The summed E-state index contributed by atoms with van der Waals surface area (Å²) in [5.74, 6) is 0.717. The van der Waals surface area contributed by atoms with Gasteiger partial charge in [0.15, 0.2) is 0 Å². The van der Waals surface area contributed by atoms with Crippen molar-refractivity contribution in [1.29, 1.82) is 0 Å². The van der Waals surface area contributed by atoms with E-state index in [2.05, 4.69) is 15.3 Å². The van der Waals surface area contributed by atoms with Crippen molar-refractivity contribution in [3.05, 3.63) is 34.6 Å². The molecule has 0 amide bonds. The van der Waals surface area contributed by atoms with E-state index in [9.17, 15) is 10.1 Å². The van der Waals surface area contributed by atoms with Crippen molar-refractivity contribution in [3.63, 3.8) is 0 Å². The molecule has 1 aromatic carbocycles. The van der Waals surface area contributed by atoms with Crippen LogP contribution in [0.1, 0.15) is 6.42 Å². The third-order valence-corrected chi connectivity index (χ3v) is 3.09. The zero-order valence-electron chi connectivity index (χ0n) is 11.5. The molecular formula is C13H17N5O2. The molecule has 2 aromatic rings. The lowest BCUT2D eigenvalue weighted by molar-refractivity contribution is -0.384. The number of nitro groups is 1. The summed E-state index contributed by atoms with van der Waals surface area (Å²) in [6, 6.07) is 4.64. The molecule has 7 heteroatoms. The fourth-order valence-corrected chi connectivity index (χ4v) is 2.05. The minimum absolute atomic E-state index is 0.0529. The van der Waals surface area contributed by atoms with E-state index in [0.717, 1.165) is 25.3 Å². The van der Waals surface area contributed by atoms with E-state index in [0.29, 0.717) is 10.9 Å². The molecule has 0 aliphatic carbocycles. The minimum atomic E-state index is -0.406. The Kier molecular flexibility index (Phi) is 4.41. The highest BCUT2D eigenvalue weighted by atomic mass is 16.6. The monoisotopic (exact) mass is 275 g/mol. The first-order valence-corrected chi connectivity index (χ1v) is 6.38. The Morgan fingerprint density at radius 2 is 2.20 bits per heavy atom. The molecule has 0 atom stereocenters. The zero-order valence-corrected chi connectivity index (χ0v) is 11.5. The van der Waals surface area contributed by atoms with Gasteiger partial charge in [-0.05, 0) is 26.1 Å². The molecule has 20 heavy (non-hydrogen) atoms. The standard InChI is InChI=1S/C13H17N5O2/c1-14-6-3-7-17(2)13-11-8-10(18(19)20)4-5-12(11)15-9-16-13/h4-5,8-9,14H,3,6-7H2,1-2H3. The molecule has 0 radical (unpaired) electrons. The molecule has 0 saturated carbocycles. The molecular weight excluding hydrogens is 258 g/mol. The molecule has 0 bridgehead atoms. The number of aromatic nitrogens is 2. The van der Waals surface area contributed by atoms with Gasteiger partial charge in [0.1, 0.15) is 12.1 Å². The highest BCUT2D eigenvalue weighted by Gasteiger charge is 2.13. The molecule has 0 aliphatic rings. The quantitative estimate of drug-likeness (QED) is 0.489. The number of nitrogens with one attached hydrogen (secondary N) is 1. The maximum absolute atomic E-state index is 10.9. The molecule has 0 spiro atoms. The van der Waals surface area contributed by atoms with E-state index >= 15 is 0 Å². The van der Waals surface area contributed by atoms with Crippen molar-refractivity contribution in [2.45, 2.75) is 6.42 Å². The van der Waals surface area contributed by atoms with Crippen molar-refractivity contribution >= 4 is 22.4 Å². The van der Waals surface area contributed by atoms with Crippen LogP contribution in [0.4, 0.5) is 11.5 Å². The van der Waals surface area contributed by atoms with Crippen LogP contribution < -0.4 is 10.2 Å². The Hall–Kier alpha value is -2.28. The van der Waals surface area contributed by atoms with Gasteiger partial charge in [0, 0.05) is 31.1 Å². The van der Waals surface area contributed by atoms with Crippen molar-refractivity contribution < 1.29 is 4.92 Å². The second-order valence-corrected chi connectivity index (χ2v) is 4.53. The largest absolute Gasteiger partial charge is 0.359 e. The number of anilines is 1. The van der Waals surface area contributed by atoms with Crippen LogP contribution in [0.25, 0.3) is 10.9 Å². The Morgan fingerprint density at radius 3 is 2.90 bits per heavy atom. The molecule has 0 unspecified atom stereocenters. The van der Waals surface area contributed by atoms with E-state index in [1.807, 2.05) is 19.0 Å². The van der Waals surface area contributed by atoms with E-state index in [4.69, 9.17) is 0 Å². The molecule has 7 nitrogen and oxygen atoms in total. The number of hydrogen-bond donors (Lipinski definition) is 1. The number of nitrogens with zero attached hydrogens (tertiary/aromatic N) is 4. The Labute approximate surface area is 116 Å². The molecule has 0 saturated heterocycles. The van der Waals surface area contributed by atoms with Gasteiger partial charge in [-0.1, -0.05) is 0 Å². The van der Waals surface area contributed by atoms with Gasteiger partial charge in [-0.2, -0.15) is 0 Å². The van der Waals surface area contributed by atoms with Gasteiger partial charge in [0.05, 0.1) is 10.4 Å². The number of non-ortho nitro benzene ring substituents is 1. The number of hydrogen-bond acceptors (Lipinski definition) is 6. The lowest BCUT2D eigenvalue weighted by atomic mass is 10.2. The van der Waals surface area contributed by atoms with Crippen molar-refractivity contribution in [1.82, 2.24) is 15.3 Å². The Bertz CT molecular complexity index is 617. The second kappa shape index (κ2) is 6.25. The Morgan fingerprint density at radius 1 is 1.40 bits per heavy atom. The third-order valence-electron chi connectivity index (χ3n) is 3.09. The lowest BCUT2D eigenvalue weighted by Gasteiger charge is -2.19. The van der Waals surface area contributed by atoms with Crippen molar-refractivity contribution in [3.8, 4) is 0 Å². The topological polar surface area (TPSA) is 84.2 Å². The first kappa shape index (κ1) is 14.1.